The summed E-state index contributed by atoms with van der Waals surface area (Å²) in [5.74, 6) is -0.0959. The van der Waals surface area contributed by atoms with E-state index in [0.29, 0.717) is 0 Å². The Hall–Kier alpha value is -4.84. The van der Waals surface area contributed by atoms with Crippen molar-refractivity contribution in [2.24, 2.45) is 5.92 Å². The normalized spacial score (nSPS) is 17.1. The summed E-state index contributed by atoms with van der Waals surface area (Å²) in [6.45, 7) is 3.98. The molecule has 0 radical (unpaired) electrons. The lowest BCUT2D eigenvalue weighted by atomic mass is 9.72. The fourth-order valence-electron chi connectivity index (χ4n) is 7.06. The van der Waals surface area contributed by atoms with Gasteiger partial charge >= 0.3 is 0 Å². The molecule has 2 aromatic heterocycles. The van der Waals surface area contributed by atoms with E-state index in [2.05, 4.69) is 66.8 Å². The summed E-state index contributed by atoms with van der Waals surface area (Å²) in [5.41, 5.74) is 3.88. The van der Waals surface area contributed by atoms with Crippen molar-refractivity contribution in [3.8, 4) is 30.6 Å². The van der Waals surface area contributed by atoms with Gasteiger partial charge in [-0.3, -0.25) is 0 Å². The highest BCUT2D eigenvalue weighted by molar-refractivity contribution is 7.25. The van der Waals surface area contributed by atoms with E-state index < -0.39 is 11.2 Å². The Kier molecular flexibility index (Phi) is 9.80. The van der Waals surface area contributed by atoms with Crippen LogP contribution in [0.5, 0.6) is 0 Å². The molecule has 3 unspecified atom stereocenters. The molecular formula is C46H40O2S2. The molecule has 0 amide bonds. The first kappa shape index (κ1) is 33.6. The van der Waals surface area contributed by atoms with Crippen LogP contribution in [0.4, 0.5) is 0 Å². The van der Waals surface area contributed by atoms with Crippen molar-refractivity contribution in [2.75, 3.05) is 0 Å². The quantitative estimate of drug-likeness (QED) is 0.141. The van der Waals surface area contributed by atoms with Crippen molar-refractivity contribution in [3.63, 3.8) is 0 Å². The van der Waals surface area contributed by atoms with E-state index in [1.165, 1.54) is 0 Å². The maximum Gasteiger partial charge on any atom is 0.137 e. The minimum absolute atomic E-state index is 0.0959. The first-order valence-electron chi connectivity index (χ1n) is 17.0. The highest BCUT2D eigenvalue weighted by atomic mass is 32.1. The lowest BCUT2D eigenvalue weighted by Crippen LogP contribution is -2.36. The first-order valence-corrected chi connectivity index (χ1v) is 18.7. The minimum atomic E-state index is -1.31. The molecule has 1 aliphatic rings. The molecule has 4 aromatic carbocycles. The average Bonchev–Trinajstić information content (AvgIpc) is 3.88. The molecule has 0 spiro atoms. The van der Waals surface area contributed by atoms with Crippen molar-refractivity contribution < 1.29 is 10.2 Å². The van der Waals surface area contributed by atoms with E-state index in [0.717, 1.165) is 64.9 Å². The zero-order chi connectivity index (χ0) is 34.6. The summed E-state index contributed by atoms with van der Waals surface area (Å²) in [5, 5.41) is 25.3. The Morgan fingerprint density at radius 3 is 1.72 bits per heavy atom. The Balaban J connectivity index is 1.28. The van der Waals surface area contributed by atoms with Gasteiger partial charge in [0.05, 0.1) is 0 Å². The number of benzene rings is 4. The predicted octanol–water partition coefficient (Wildman–Crippen LogP) is 11.9. The molecule has 0 fully saturated rings. The second-order valence-electron chi connectivity index (χ2n) is 12.7. The monoisotopic (exact) mass is 688 g/mol. The maximum absolute atomic E-state index is 12.7. The second kappa shape index (κ2) is 14.6. The number of rotatable bonds is 10. The van der Waals surface area contributed by atoms with Gasteiger partial charge in [-0.25, -0.2) is 0 Å². The van der Waals surface area contributed by atoms with Crippen LogP contribution in [-0.2, 0) is 11.2 Å². The van der Waals surface area contributed by atoms with Crippen LogP contribution in [0.3, 0.4) is 0 Å². The summed E-state index contributed by atoms with van der Waals surface area (Å²) >= 11 is 3.47. The zero-order valence-electron chi connectivity index (χ0n) is 28.2. The van der Waals surface area contributed by atoms with Gasteiger partial charge in [0.15, 0.2) is 0 Å². The van der Waals surface area contributed by atoms with Gasteiger partial charge in [-0.1, -0.05) is 152 Å². The molecule has 3 atom stereocenters. The van der Waals surface area contributed by atoms with E-state index in [-0.39, 0.29) is 5.92 Å². The highest BCUT2D eigenvalue weighted by Gasteiger charge is 2.40. The Labute approximate surface area is 303 Å². The fraction of sp³-hybridized carbons (Fsp3) is 0.130. The third-order valence-corrected chi connectivity index (χ3v) is 12.1. The van der Waals surface area contributed by atoms with Gasteiger partial charge in [0.25, 0.3) is 0 Å². The lowest BCUT2D eigenvalue weighted by molar-refractivity contribution is 0.0374. The van der Waals surface area contributed by atoms with Crippen LogP contribution in [0, 0.1) is 5.92 Å². The van der Waals surface area contributed by atoms with Crippen molar-refractivity contribution >= 4 is 22.7 Å². The summed E-state index contributed by atoms with van der Waals surface area (Å²) in [7, 11) is 0. The maximum atomic E-state index is 12.7. The van der Waals surface area contributed by atoms with Crippen LogP contribution in [0.2, 0.25) is 0 Å². The number of hydrogen-bond acceptors (Lipinski definition) is 4. The predicted molar refractivity (Wildman–Crippen MR) is 212 cm³/mol. The van der Waals surface area contributed by atoms with E-state index in [1.807, 2.05) is 123 Å². The van der Waals surface area contributed by atoms with Crippen molar-refractivity contribution in [1.29, 1.82) is 0 Å². The molecule has 2 heterocycles. The van der Waals surface area contributed by atoms with Gasteiger partial charge in [0.1, 0.15) is 11.2 Å². The smallest absolute Gasteiger partial charge is 0.137 e. The number of hydrogen-bond donors (Lipinski definition) is 2. The SMILES string of the molecule is C/C=C\C=C(/C)C(O)(c1ccccc1)c1ccccc1-c1ccc(-c2ccc(-c3ccccc3C(O)(c3ccccc3)C3C=CC=CC3)s2)s1. The van der Waals surface area contributed by atoms with Gasteiger partial charge in [-0.2, -0.15) is 0 Å². The average molecular weight is 689 g/mol. The van der Waals surface area contributed by atoms with Gasteiger partial charge in [0, 0.05) is 31.0 Å². The zero-order valence-corrected chi connectivity index (χ0v) is 29.9. The summed E-state index contributed by atoms with van der Waals surface area (Å²) < 4.78 is 0. The topological polar surface area (TPSA) is 40.5 Å². The third kappa shape index (κ3) is 6.21. The molecule has 0 saturated heterocycles. The minimum Gasteiger partial charge on any atom is -0.380 e. The third-order valence-electron chi connectivity index (χ3n) is 9.67. The van der Waals surface area contributed by atoms with E-state index in [1.54, 1.807) is 22.7 Å². The van der Waals surface area contributed by atoms with Gasteiger partial charge in [0.2, 0.25) is 0 Å². The Bertz CT molecular complexity index is 2200. The van der Waals surface area contributed by atoms with Crippen LogP contribution in [0.1, 0.15) is 42.5 Å². The molecule has 0 bridgehead atoms. The molecule has 2 N–H and O–H groups in total. The molecule has 6 aromatic rings. The van der Waals surface area contributed by atoms with E-state index >= 15 is 0 Å². The second-order valence-corrected chi connectivity index (χ2v) is 14.8. The summed E-state index contributed by atoms with van der Waals surface area (Å²) in [6, 6.07) is 45.2. The molecule has 4 heteroatoms. The molecular weight excluding hydrogens is 649 g/mol. The lowest BCUT2D eigenvalue weighted by Gasteiger charge is -2.37. The first-order chi connectivity index (χ1) is 24.4. The van der Waals surface area contributed by atoms with Gasteiger partial charge in [-0.05, 0) is 77.9 Å². The molecule has 0 saturated carbocycles. The molecule has 1 aliphatic carbocycles. The van der Waals surface area contributed by atoms with Crippen molar-refractivity contribution in [1.82, 2.24) is 0 Å². The standard InChI is InChI=1S/C46H40O2S2/c1-3-4-18-33(2)45(47,34-19-8-5-9-20-34)39-27-16-14-25-37(39)41-29-31-43(49-41)44-32-30-42(50-44)38-26-15-17-28-40(38)46(48,35-21-10-6-11-22-35)36-23-12-7-13-24-36/h3-23,25-32,36,47-48H,24H2,1-2H3/b4-3-,33-18+. The fourth-order valence-corrected chi connectivity index (χ4v) is 9.24. The summed E-state index contributed by atoms with van der Waals surface area (Å²) in [6.07, 6.45) is 15.1. The van der Waals surface area contributed by atoms with Crippen LogP contribution < -0.4 is 0 Å². The Morgan fingerprint density at radius 1 is 0.620 bits per heavy atom. The molecule has 2 nitrogen and oxygen atoms in total. The molecule has 0 aliphatic heterocycles. The Morgan fingerprint density at radius 2 is 1.14 bits per heavy atom. The largest absolute Gasteiger partial charge is 0.380 e. The van der Waals surface area contributed by atoms with Crippen LogP contribution in [0.15, 0.2) is 182 Å². The van der Waals surface area contributed by atoms with Crippen molar-refractivity contribution in [2.45, 2.75) is 31.5 Å². The summed E-state index contributed by atoms with van der Waals surface area (Å²) in [4.78, 5) is 4.52. The molecule has 7 rings (SSSR count). The van der Waals surface area contributed by atoms with Gasteiger partial charge in [-0.15, -0.1) is 22.7 Å². The van der Waals surface area contributed by atoms with Crippen molar-refractivity contribution in [3.05, 3.63) is 204 Å². The van der Waals surface area contributed by atoms with Crippen LogP contribution in [0.25, 0.3) is 30.6 Å². The number of thiophene rings is 2. The highest BCUT2D eigenvalue weighted by Crippen LogP contribution is 2.48. The van der Waals surface area contributed by atoms with Crippen LogP contribution >= 0.6 is 22.7 Å². The molecule has 50 heavy (non-hydrogen) atoms. The number of allylic oxidation sites excluding steroid dienone is 6. The van der Waals surface area contributed by atoms with E-state index in [9.17, 15) is 10.2 Å². The van der Waals surface area contributed by atoms with Crippen LogP contribution in [-0.4, -0.2) is 10.2 Å². The molecule has 248 valence electrons. The van der Waals surface area contributed by atoms with E-state index in [4.69, 9.17) is 0 Å². The van der Waals surface area contributed by atoms with Gasteiger partial charge < -0.3 is 10.2 Å². The number of aliphatic hydroxyl groups is 2.